The molecule has 0 saturated carbocycles. The van der Waals surface area contributed by atoms with Crippen molar-refractivity contribution in [2.75, 3.05) is 6.54 Å². The van der Waals surface area contributed by atoms with Gasteiger partial charge < -0.3 is 0 Å². The average Bonchev–Trinajstić information content (AvgIpc) is 2.29. The number of allylic oxidation sites excluding steroid dienone is 2. The number of thiocarbonyl (C=S) groups is 1. The van der Waals surface area contributed by atoms with E-state index in [1.807, 2.05) is 6.92 Å². The van der Waals surface area contributed by atoms with Crippen molar-refractivity contribution in [1.82, 2.24) is 10.2 Å². The average molecular weight is 250 g/mol. The molecule has 4 nitrogen and oxygen atoms in total. The smallest absolute Gasteiger partial charge is 0.265 e. The molecule has 1 rings (SSSR count). The summed E-state index contributed by atoms with van der Waals surface area (Å²) in [6.45, 7) is 9.46. The number of hydrogen-bond donors (Lipinski definition) is 1. The van der Waals surface area contributed by atoms with Crippen LogP contribution in [0.25, 0.3) is 0 Å². The fourth-order valence-corrected chi connectivity index (χ4v) is 1.55. The Hall–Kier alpha value is -1.75. The first kappa shape index (κ1) is 13.3. The topological polar surface area (TPSA) is 49.4 Å². The van der Waals surface area contributed by atoms with Gasteiger partial charge in [-0.2, -0.15) is 0 Å². The van der Waals surface area contributed by atoms with Gasteiger partial charge in [0.2, 0.25) is 0 Å². The van der Waals surface area contributed by atoms with Crippen LogP contribution in [0.5, 0.6) is 0 Å². The summed E-state index contributed by atoms with van der Waals surface area (Å²) in [4.78, 5) is 24.9. The summed E-state index contributed by atoms with van der Waals surface area (Å²) in [6.07, 6.45) is 3.72. The highest BCUT2D eigenvalue weighted by molar-refractivity contribution is 7.80. The zero-order chi connectivity index (χ0) is 13.0. The molecule has 0 aromatic rings. The predicted molar refractivity (Wildman–Crippen MR) is 70.2 cm³/mol. The van der Waals surface area contributed by atoms with Crippen LogP contribution in [0.3, 0.4) is 0 Å². The van der Waals surface area contributed by atoms with Gasteiger partial charge in [-0.15, -0.1) is 6.58 Å². The molecule has 90 valence electrons. The lowest BCUT2D eigenvalue weighted by Gasteiger charge is -2.27. The summed E-state index contributed by atoms with van der Waals surface area (Å²) in [5.41, 5.74) is 0.780. The number of carbonyl (C=O) groups excluding carboxylic acids is 2. The van der Waals surface area contributed by atoms with E-state index in [-0.39, 0.29) is 17.2 Å². The highest BCUT2D eigenvalue weighted by Crippen LogP contribution is 2.13. The molecule has 1 aliphatic heterocycles. The van der Waals surface area contributed by atoms with Crippen molar-refractivity contribution in [2.24, 2.45) is 0 Å². The van der Waals surface area contributed by atoms with Crippen molar-refractivity contribution in [3.63, 3.8) is 0 Å². The van der Waals surface area contributed by atoms with Gasteiger partial charge in [0.25, 0.3) is 11.8 Å². The number of amides is 2. The molecular formula is C12H14N2O2S. The van der Waals surface area contributed by atoms with Crippen LogP contribution in [0.1, 0.15) is 13.3 Å². The Kier molecular flexibility index (Phi) is 4.34. The van der Waals surface area contributed by atoms with Crippen LogP contribution in [0.4, 0.5) is 0 Å². The van der Waals surface area contributed by atoms with E-state index >= 15 is 0 Å². The maximum absolute atomic E-state index is 12.0. The monoisotopic (exact) mass is 250 g/mol. The Balaban J connectivity index is 3.06. The third-order valence-electron chi connectivity index (χ3n) is 2.30. The molecule has 1 saturated heterocycles. The van der Waals surface area contributed by atoms with Crippen molar-refractivity contribution in [1.29, 1.82) is 0 Å². The van der Waals surface area contributed by atoms with E-state index in [1.165, 1.54) is 11.0 Å². The first-order valence-corrected chi connectivity index (χ1v) is 5.59. The number of nitrogens with zero attached hydrogens (tertiary/aromatic N) is 1. The van der Waals surface area contributed by atoms with E-state index in [2.05, 4.69) is 18.5 Å². The van der Waals surface area contributed by atoms with Crippen molar-refractivity contribution in [2.45, 2.75) is 13.3 Å². The minimum absolute atomic E-state index is 0.0623. The van der Waals surface area contributed by atoms with Crippen molar-refractivity contribution in [3.05, 3.63) is 36.5 Å². The maximum Gasteiger partial charge on any atom is 0.265 e. The number of hydrogen-bond acceptors (Lipinski definition) is 3. The van der Waals surface area contributed by atoms with Crippen LogP contribution in [-0.2, 0) is 9.59 Å². The van der Waals surface area contributed by atoms with Gasteiger partial charge in [-0.25, -0.2) is 0 Å². The summed E-state index contributed by atoms with van der Waals surface area (Å²) in [6, 6.07) is 0. The van der Waals surface area contributed by atoms with E-state index in [9.17, 15) is 9.59 Å². The van der Waals surface area contributed by atoms with E-state index in [0.717, 1.165) is 5.57 Å². The summed E-state index contributed by atoms with van der Waals surface area (Å²) in [5.74, 6) is -0.886. The molecule has 2 amide bonds. The highest BCUT2D eigenvalue weighted by atomic mass is 32.1. The Morgan fingerprint density at radius 2 is 2.18 bits per heavy atom. The maximum atomic E-state index is 12.0. The minimum atomic E-state index is -0.477. The molecule has 0 aromatic heterocycles. The van der Waals surface area contributed by atoms with Gasteiger partial charge >= 0.3 is 0 Å². The summed E-state index contributed by atoms with van der Waals surface area (Å²) in [5, 5.41) is 2.57. The second-order valence-corrected chi connectivity index (χ2v) is 3.92. The first-order valence-electron chi connectivity index (χ1n) is 5.18. The van der Waals surface area contributed by atoms with E-state index in [4.69, 9.17) is 12.2 Å². The third kappa shape index (κ3) is 2.88. The largest absolute Gasteiger partial charge is 0.298 e. The fraction of sp³-hybridized carbons (Fsp3) is 0.250. The van der Waals surface area contributed by atoms with Gasteiger partial charge in [0.1, 0.15) is 5.57 Å². The zero-order valence-electron chi connectivity index (χ0n) is 9.66. The lowest BCUT2D eigenvalue weighted by atomic mass is 10.1. The lowest BCUT2D eigenvalue weighted by Crippen LogP contribution is -2.53. The van der Waals surface area contributed by atoms with Crippen molar-refractivity contribution in [3.8, 4) is 0 Å². The Morgan fingerprint density at radius 1 is 1.53 bits per heavy atom. The van der Waals surface area contributed by atoms with E-state index < -0.39 is 11.8 Å². The van der Waals surface area contributed by atoms with Crippen LogP contribution in [0.2, 0.25) is 0 Å². The Bertz CT molecular complexity index is 438. The lowest BCUT2D eigenvalue weighted by molar-refractivity contribution is -0.128. The second-order valence-electron chi connectivity index (χ2n) is 3.53. The van der Waals surface area contributed by atoms with Gasteiger partial charge in [-0.3, -0.25) is 19.8 Å². The Labute approximate surface area is 106 Å². The summed E-state index contributed by atoms with van der Waals surface area (Å²) < 4.78 is 0. The third-order valence-corrected chi connectivity index (χ3v) is 2.62. The molecule has 5 heteroatoms. The SMILES string of the molecule is C=CCN1C(=O)C(=CC(=C)CC)C(=O)NC1=S. The van der Waals surface area contributed by atoms with Gasteiger partial charge in [-0.1, -0.05) is 25.2 Å². The summed E-state index contributed by atoms with van der Waals surface area (Å²) in [7, 11) is 0. The standard InChI is InChI=1S/C12H14N2O2S/c1-4-6-14-11(16)9(7-8(3)5-2)10(15)13-12(14)17/h4,7H,1,3,5-6H2,2H3,(H,13,15,17). The molecule has 1 aliphatic rings. The Morgan fingerprint density at radius 3 is 2.71 bits per heavy atom. The molecule has 0 aliphatic carbocycles. The van der Waals surface area contributed by atoms with Gasteiger partial charge in [0, 0.05) is 6.54 Å². The van der Waals surface area contributed by atoms with Crippen LogP contribution >= 0.6 is 12.2 Å². The normalized spacial score (nSPS) is 18.3. The molecule has 0 radical (unpaired) electrons. The molecule has 1 N–H and O–H groups in total. The number of nitrogens with one attached hydrogen (secondary N) is 1. The molecule has 1 fully saturated rings. The van der Waals surface area contributed by atoms with E-state index in [1.54, 1.807) is 6.08 Å². The molecular weight excluding hydrogens is 236 g/mol. The molecule has 0 atom stereocenters. The number of rotatable bonds is 4. The summed E-state index contributed by atoms with van der Waals surface area (Å²) >= 11 is 4.92. The zero-order valence-corrected chi connectivity index (χ0v) is 10.5. The fourth-order valence-electron chi connectivity index (χ4n) is 1.30. The number of carbonyl (C=O) groups is 2. The molecule has 0 bridgehead atoms. The van der Waals surface area contributed by atoms with Crippen LogP contribution in [0.15, 0.2) is 36.5 Å². The van der Waals surface area contributed by atoms with Gasteiger partial charge in [-0.05, 0) is 24.7 Å². The predicted octanol–water partition coefficient (Wildman–Crippen LogP) is 1.31. The van der Waals surface area contributed by atoms with Crippen LogP contribution in [-0.4, -0.2) is 28.4 Å². The van der Waals surface area contributed by atoms with E-state index in [0.29, 0.717) is 6.42 Å². The first-order chi connectivity index (χ1) is 8.01. The second kappa shape index (κ2) is 5.54. The van der Waals surface area contributed by atoms with Gasteiger partial charge in [0.15, 0.2) is 5.11 Å². The quantitative estimate of drug-likeness (QED) is 0.354. The highest BCUT2D eigenvalue weighted by Gasteiger charge is 2.32. The van der Waals surface area contributed by atoms with Crippen molar-refractivity contribution < 1.29 is 9.59 Å². The molecule has 0 unspecified atom stereocenters. The van der Waals surface area contributed by atoms with Crippen LogP contribution in [0, 0.1) is 0 Å². The molecule has 0 spiro atoms. The molecule has 17 heavy (non-hydrogen) atoms. The van der Waals surface area contributed by atoms with Crippen molar-refractivity contribution >= 4 is 29.1 Å². The van der Waals surface area contributed by atoms with Gasteiger partial charge in [0.05, 0.1) is 0 Å². The van der Waals surface area contributed by atoms with Crippen LogP contribution < -0.4 is 5.32 Å². The molecule has 0 aromatic carbocycles. The molecule has 1 heterocycles. The minimum Gasteiger partial charge on any atom is -0.298 e.